The van der Waals surface area contributed by atoms with Crippen LogP contribution in [0.15, 0.2) is 6.20 Å². The Morgan fingerprint density at radius 3 is 2.91 bits per heavy atom. The molecule has 0 spiro atoms. The zero-order chi connectivity index (χ0) is 16.4. The Morgan fingerprint density at radius 1 is 1.48 bits per heavy atom. The largest absolute Gasteiger partial charge is 0.377 e. The fourth-order valence-electron chi connectivity index (χ4n) is 3.27. The molecule has 1 aliphatic heterocycles. The van der Waals surface area contributed by atoms with Crippen LogP contribution in [-0.4, -0.2) is 47.3 Å². The van der Waals surface area contributed by atoms with E-state index in [1.54, 1.807) is 11.8 Å². The minimum atomic E-state index is -0.311. The zero-order valence-electron chi connectivity index (χ0n) is 14.1. The maximum absolute atomic E-state index is 12.4. The summed E-state index contributed by atoms with van der Waals surface area (Å²) in [6, 6.07) is 0.0448. The predicted molar refractivity (Wildman–Crippen MR) is 83.6 cm³/mol. The van der Waals surface area contributed by atoms with Crippen molar-refractivity contribution in [2.24, 2.45) is 11.3 Å². The van der Waals surface area contributed by atoms with Crippen molar-refractivity contribution in [1.29, 1.82) is 0 Å². The van der Waals surface area contributed by atoms with Crippen LogP contribution in [0.4, 0.5) is 0 Å². The first-order chi connectivity index (χ1) is 11.0. The molecule has 128 valence electrons. The summed E-state index contributed by atoms with van der Waals surface area (Å²) in [6.07, 6.45) is 5.39. The van der Waals surface area contributed by atoms with Crippen LogP contribution in [0.2, 0.25) is 0 Å². The third-order valence-corrected chi connectivity index (χ3v) is 5.34. The van der Waals surface area contributed by atoms with Gasteiger partial charge in [0.2, 0.25) is 5.91 Å². The maximum Gasteiger partial charge on any atom is 0.226 e. The summed E-state index contributed by atoms with van der Waals surface area (Å²) in [5, 5.41) is 11.3. The summed E-state index contributed by atoms with van der Waals surface area (Å²) < 4.78 is 12.6. The lowest BCUT2D eigenvalue weighted by Gasteiger charge is -2.38. The second kappa shape index (κ2) is 6.57. The number of carbonyl (C=O) groups excluding carboxylic acids is 1. The van der Waals surface area contributed by atoms with E-state index in [1.165, 1.54) is 6.42 Å². The Kier molecular flexibility index (Phi) is 4.68. The van der Waals surface area contributed by atoms with Crippen molar-refractivity contribution in [3.63, 3.8) is 0 Å². The molecular weight excluding hydrogens is 296 g/mol. The molecule has 3 rings (SSSR count). The quantitative estimate of drug-likeness (QED) is 0.854. The molecule has 1 saturated heterocycles. The van der Waals surface area contributed by atoms with Gasteiger partial charge in [0.15, 0.2) is 0 Å². The molecule has 2 aliphatic rings. The number of ether oxygens (including phenoxy) is 2. The van der Waals surface area contributed by atoms with Crippen molar-refractivity contribution in [3.05, 3.63) is 11.9 Å². The van der Waals surface area contributed by atoms with E-state index in [0.29, 0.717) is 25.7 Å². The van der Waals surface area contributed by atoms with Crippen molar-refractivity contribution in [2.75, 3.05) is 20.3 Å². The standard InChI is InChI=1S/C16H26N4O3/c1-16(2,11-5-4-6-11)15(21)17-7-12-8-20(19-18-12)13-9-23-10-14(13)22-3/h8,11,13-14H,4-7,9-10H2,1-3H3,(H,17,21)/t13-,14-/m1/s1. The van der Waals surface area contributed by atoms with Gasteiger partial charge in [0.05, 0.1) is 26.0 Å². The number of nitrogens with one attached hydrogen (secondary N) is 1. The summed E-state index contributed by atoms with van der Waals surface area (Å²) in [5.74, 6) is 0.590. The number of amides is 1. The third kappa shape index (κ3) is 3.26. The van der Waals surface area contributed by atoms with Crippen LogP contribution in [0.5, 0.6) is 0 Å². The van der Waals surface area contributed by atoms with Crippen molar-refractivity contribution in [3.8, 4) is 0 Å². The Hall–Kier alpha value is -1.47. The van der Waals surface area contributed by atoms with Gasteiger partial charge in [-0.2, -0.15) is 0 Å². The fourth-order valence-corrected chi connectivity index (χ4v) is 3.27. The van der Waals surface area contributed by atoms with Gasteiger partial charge >= 0.3 is 0 Å². The number of hydrogen-bond donors (Lipinski definition) is 1. The van der Waals surface area contributed by atoms with Gasteiger partial charge in [0.25, 0.3) is 0 Å². The second-order valence-electron chi connectivity index (χ2n) is 7.10. The van der Waals surface area contributed by atoms with E-state index >= 15 is 0 Å². The molecule has 23 heavy (non-hydrogen) atoms. The Balaban J connectivity index is 1.56. The lowest BCUT2D eigenvalue weighted by molar-refractivity contribution is -0.134. The van der Waals surface area contributed by atoms with E-state index in [2.05, 4.69) is 15.6 Å². The van der Waals surface area contributed by atoms with Gasteiger partial charge in [-0.25, -0.2) is 4.68 Å². The van der Waals surface area contributed by atoms with E-state index in [1.807, 2.05) is 20.0 Å². The average Bonchev–Trinajstić information content (AvgIpc) is 3.10. The minimum absolute atomic E-state index is 0.00306. The van der Waals surface area contributed by atoms with Crippen LogP contribution in [0, 0.1) is 11.3 Å². The molecule has 1 amide bonds. The van der Waals surface area contributed by atoms with Crippen LogP contribution in [0.1, 0.15) is 44.8 Å². The monoisotopic (exact) mass is 322 g/mol. The molecule has 7 heteroatoms. The highest BCUT2D eigenvalue weighted by Crippen LogP contribution is 2.41. The number of methoxy groups -OCH3 is 1. The highest BCUT2D eigenvalue weighted by Gasteiger charge is 2.39. The SMILES string of the molecule is CO[C@@H]1COC[C@H]1n1cc(CNC(=O)C(C)(C)C2CCC2)nn1. The Morgan fingerprint density at radius 2 is 2.26 bits per heavy atom. The molecule has 1 aliphatic carbocycles. The summed E-state index contributed by atoms with van der Waals surface area (Å²) in [6.45, 7) is 5.61. The number of nitrogens with zero attached hydrogens (tertiary/aromatic N) is 3. The first-order valence-corrected chi connectivity index (χ1v) is 8.32. The highest BCUT2D eigenvalue weighted by molar-refractivity contribution is 5.82. The van der Waals surface area contributed by atoms with Crippen LogP contribution >= 0.6 is 0 Å². The van der Waals surface area contributed by atoms with Gasteiger partial charge in [-0.15, -0.1) is 5.10 Å². The van der Waals surface area contributed by atoms with E-state index in [0.717, 1.165) is 18.5 Å². The van der Waals surface area contributed by atoms with Crippen molar-refractivity contribution < 1.29 is 14.3 Å². The molecule has 1 N–H and O–H groups in total. The maximum atomic E-state index is 12.4. The lowest BCUT2D eigenvalue weighted by atomic mass is 9.67. The van der Waals surface area contributed by atoms with E-state index in [4.69, 9.17) is 9.47 Å². The molecule has 2 atom stereocenters. The van der Waals surface area contributed by atoms with Gasteiger partial charge in [-0.05, 0) is 18.8 Å². The van der Waals surface area contributed by atoms with Crippen LogP contribution < -0.4 is 5.32 Å². The average molecular weight is 322 g/mol. The molecule has 7 nitrogen and oxygen atoms in total. The van der Waals surface area contributed by atoms with E-state index < -0.39 is 0 Å². The number of hydrogen-bond acceptors (Lipinski definition) is 5. The van der Waals surface area contributed by atoms with Crippen LogP contribution in [0.25, 0.3) is 0 Å². The normalized spacial score (nSPS) is 25.3. The van der Waals surface area contributed by atoms with Crippen molar-refractivity contribution in [2.45, 2.75) is 51.8 Å². The summed E-state index contributed by atoms with van der Waals surface area (Å²) >= 11 is 0. The van der Waals surface area contributed by atoms with Crippen LogP contribution in [-0.2, 0) is 20.8 Å². The molecule has 0 radical (unpaired) electrons. The lowest BCUT2D eigenvalue weighted by Crippen LogP contribution is -2.44. The Bertz CT molecular complexity index is 553. The van der Waals surface area contributed by atoms with E-state index in [9.17, 15) is 4.79 Å². The third-order valence-electron chi connectivity index (χ3n) is 5.34. The number of carbonyl (C=O) groups is 1. The van der Waals surface area contributed by atoms with Crippen LogP contribution in [0.3, 0.4) is 0 Å². The van der Waals surface area contributed by atoms with Crippen molar-refractivity contribution in [1.82, 2.24) is 20.3 Å². The summed E-state index contributed by atoms with van der Waals surface area (Å²) in [5.41, 5.74) is 0.443. The molecule has 0 bridgehead atoms. The van der Waals surface area contributed by atoms with E-state index in [-0.39, 0.29) is 23.5 Å². The molecule has 0 unspecified atom stereocenters. The predicted octanol–water partition coefficient (Wildman–Crippen LogP) is 1.31. The number of rotatable bonds is 6. The molecule has 1 saturated carbocycles. The second-order valence-corrected chi connectivity index (χ2v) is 7.10. The molecule has 2 fully saturated rings. The molecule has 1 aromatic rings. The summed E-state index contributed by atoms with van der Waals surface area (Å²) in [7, 11) is 1.67. The summed E-state index contributed by atoms with van der Waals surface area (Å²) in [4.78, 5) is 12.4. The molecule has 0 aromatic carbocycles. The van der Waals surface area contributed by atoms with Gasteiger partial charge in [-0.1, -0.05) is 25.5 Å². The molecule has 1 aromatic heterocycles. The van der Waals surface area contributed by atoms with Gasteiger partial charge < -0.3 is 14.8 Å². The Labute approximate surface area is 136 Å². The highest BCUT2D eigenvalue weighted by atomic mass is 16.5. The van der Waals surface area contributed by atoms with Crippen molar-refractivity contribution >= 4 is 5.91 Å². The van der Waals surface area contributed by atoms with Gasteiger partial charge in [-0.3, -0.25) is 4.79 Å². The molecular formula is C16H26N4O3. The van der Waals surface area contributed by atoms with Gasteiger partial charge in [0, 0.05) is 12.5 Å². The first-order valence-electron chi connectivity index (χ1n) is 8.32. The number of aromatic nitrogens is 3. The minimum Gasteiger partial charge on any atom is -0.377 e. The first kappa shape index (κ1) is 16.4. The molecule has 2 heterocycles. The fraction of sp³-hybridized carbons (Fsp3) is 0.812. The zero-order valence-corrected chi connectivity index (χ0v) is 14.1. The smallest absolute Gasteiger partial charge is 0.226 e. The van der Waals surface area contributed by atoms with Gasteiger partial charge in [0.1, 0.15) is 17.8 Å². The topological polar surface area (TPSA) is 78.3 Å².